The van der Waals surface area contributed by atoms with Crippen molar-refractivity contribution in [1.29, 1.82) is 0 Å². The first-order valence-electron chi connectivity index (χ1n) is 6.25. The van der Waals surface area contributed by atoms with Gasteiger partial charge in [0, 0.05) is 17.7 Å². The highest BCUT2D eigenvalue weighted by Gasteiger charge is 2.08. The van der Waals surface area contributed by atoms with E-state index in [2.05, 4.69) is 9.98 Å². The van der Waals surface area contributed by atoms with Crippen LogP contribution in [0.15, 0.2) is 58.5 Å². The number of hydrogen-bond acceptors (Lipinski definition) is 3. The maximum absolute atomic E-state index is 10.7. The molecule has 0 atom stereocenters. The van der Waals surface area contributed by atoms with Crippen LogP contribution in [0.25, 0.3) is 11.1 Å². The Balaban J connectivity index is 2.44. The molecule has 0 unspecified atom stereocenters. The minimum Gasteiger partial charge on any atom is -0.370 e. The van der Waals surface area contributed by atoms with Crippen LogP contribution in [0.5, 0.6) is 0 Å². The summed E-state index contributed by atoms with van der Waals surface area (Å²) in [7, 11) is 0. The molecule has 0 heterocycles. The number of rotatable bonds is 3. The number of guanidine groups is 2. The Morgan fingerprint density at radius 2 is 1.64 bits per heavy atom. The Kier molecular flexibility index (Phi) is 4.33. The van der Waals surface area contributed by atoms with Crippen LogP contribution in [-0.4, -0.2) is 16.8 Å². The summed E-state index contributed by atoms with van der Waals surface area (Å²) >= 11 is 0. The average molecular weight is 298 g/mol. The van der Waals surface area contributed by atoms with E-state index in [1.807, 2.05) is 12.1 Å². The summed E-state index contributed by atoms with van der Waals surface area (Å²) in [5, 5.41) is 10.7. The molecule has 0 aliphatic rings. The van der Waals surface area contributed by atoms with Crippen molar-refractivity contribution < 1.29 is 4.92 Å². The quantitative estimate of drug-likeness (QED) is 0.340. The number of benzene rings is 2. The summed E-state index contributed by atoms with van der Waals surface area (Å²) in [4.78, 5) is 18.0. The fourth-order valence-electron chi connectivity index (χ4n) is 1.86. The molecule has 2 aromatic carbocycles. The van der Waals surface area contributed by atoms with E-state index in [0.29, 0.717) is 5.69 Å². The molecule has 8 nitrogen and oxygen atoms in total. The Hall–Kier alpha value is -3.42. The zero-order valence-electron chi connectivity index (χ0n) is 11.5. The van der Waals surface area contributed by atoms with E-state index in [4.69, 9.17) is 17.2 Å². The molecule has 0 spiro atoms. The molecular weight excluding hydrogens is 284 g/mol. The Morgan fingerprint density at radius 3 is 2.23 bits per heavy atom. The Labute approximate surface area is 126 Å². The van der Waals surface area contributed by atoms with Crippen molar-refractivity contribution in [2.24, 2.45) is 27.2 Å². The molecule has 0 bridgehead atoms. The summed E-state index contributed by atoms with van der Waals surface area (Å²) in [6, 6.07) is 13.3. The molecule has 8 heteroatoms. The lowest BCUT2D eigenvalue weighted by atomic mass is 10.0. The molecular formula is C14H14N6O2. The first kappa shape index (κ1) is 15.0. The third kappa shape index (κ3) is 3.57. The number of nitro benzene ring substituents is 1. The number of nitrogens with two attached hydrogens (primary N) is 3. The van der Waals surface area contributed by atoms with Gasteiger partial charge in [-0.05, 0) is 23.8 Å². The maximum Gasteiger partial charge on any atom is 0.269 e. The largest absolute Gasteiger partial charge is 0.370 e. The fourth-order valence-corrected chi connectivity index (χ4v) is 1.86. The smallest absolute Gasteiger partial charge is 0.269 e. The van der Waals surface area contributed by atoms with Crippen molar-refractivity contribution in [1.82, 2.24) is 0 Å². The SMILES string of the molecule is NC(N)=NC(N)=Nc1ccccc1-c1ccc([N+](=O)[O-])cc1. The molecule has 0 amide bonds. The van der Waals surface area contributed by atoms with Gasteiger partial charge in [0.15, 0.2) is 5.96 Å². The third-order valence-corrected chi connectivity index (χ3v) is 2.77. The van der Waals surface area contributed by atoms with Crippen molar-refractivity contribution in [2.45, 2.75) is 0 Å². The lowest BCUT2D eigenvalue weighted by Crippen LogP contribution is -2.26. The zero-order valence-corrected chi connectivity index (χ0v) is 11.5. The second kappa shape index (κ2) is 6.35. The van der Waals surface area contributed by atoms with E-state index in [1.54, 1.807) is 24.3 Å². The highest BCUT2D eigenvalue weighted by atomic mass is 16.6. The highest BCUT2D eigenvalue weighted by Crippen LogP contribution is 2.31. The van der Waals surface area contributed by atoms with Gasteiger partial charge in [-0.1, -0.05) is 18.2 Å². The lowest BCUT2D eigenvalue weighted by Gasteiger charge is -2.06. The van der Waals surface area contributed by atoms with Crippen LogP contribution in [0.2, 0.25) is 0 Å². The van der Waals surface area contributed by atoms with E-state index in [-0.39, 0.29) is 17.6 Å². The molecule has 2 aromatic rings. The molecule has 6 N–H and O–H groups in total. The van der Waals surface area contributed by atoms with E-state index >= 15 is 0 Å². The molecule has 2 rings (SSSR count). The minimum absolute atomic E-state index is 0.0183. The maximum atomic E-state index is 10.7. The second-order valence-corrected chi connectivity index (χ2v) is 4.33. The van der Waals surface area contributed by atoms with Gasteiger partial charge in [-0.3, -0.25) is 10.1 Å². The Morgan fingerprint density at radius 1 is 1.00 bits per heavy atom. The summed E-state index contributed by atoms with van der Waals surface area (Å²) in [5.41, 5.74) is 18.2. The molecule has 0 fully saturated rings. The first-order valence-corrected chi connectivity index (χ1v) is 6.25. The predicted octanol–water partition coefficient (Wildman–Crippen LogP) is 1.48. The van der Waals surface area contributed by atoms with Gasteiger partial charge in [0.25, 0.3) is 5.69 Å². The van der Waals surface area contributed by atoms with Gasteiger partial charge < -0.3 is 17.2 Å². The normalized spacial score (nSPS) is 11.0. The number of nitrogens with zero attached hydrogens (tertiary/aromatic N) is 3. The highest BCUT2D eigenvalue weighted by molar-refractivity contribution is 5.94. The number of nitro groups is 1. The molecule has 0 saturated carbocycles. The Bertz CT molecular complexity index is 748. The number of para-hydroxylation sites is 1. The number of hydrogen-bond donors (Lipinski definition) is 3. The minimum atomic E-state index is -0.454. The first-order chi connectivity index (χ1) is 10.5. The van der Waals surface area contributed by atoms with E-state index in [0.717, 1.165) is 11.1 Å². The topological polar surface area (TPSA) is 146 Å². The standard InChI is InChI=1S/C14H14N6O2/c15-13(16)19-14(17)18-12-4-2-1-3-11(12)9-5-7-10(8-6-9)20(21)22/h1-8H,(H6,15,16,17,18,19). The van der Waals surface area contributed by atoms with Crippen LogP contribution in [0, 0.1) is 10.1 Å². The van der Waals surface area contributed by atoms with Gasteiger partial charge in [-0.25, -0.2) is 4.99 Å². The van der Waals surface area contributed by atoms with Crippen molar-refractivity contribution in [3.8, 4) is 11.1 Å². The molecule has 0 aliphatic heterocycles. The van der Waals surface area contributed by atoms with Gasteiger partial charge in [0.2, 0.25) is 5.96 Å². The van der Waals surface area contributed by atoms with Gasteiger partial charge in [0.1, 0.15) is 0 Å². The lowest BCUT2D eigenvalue weighted by molar-refractivity contribution is -0.384. The molecule has 0 aliphatic carbocycles. The van der Waals surface area contributed by atoms with E-state index in [9.17, 15) is 10.1 Å². The average Bonchev–Trinajstić information content (AvgIpc) is 2.47. The van der Waals surface area contributed by atoms with Gasteiger partial charge >= 0.3 is 0 Å². The van der Waals surface area contributed by atoms with Gasteiger partial charge in [0.05, 0.1) is 10.6 Å². The van der Waals surface area contributed by atoms with Crippen LogP contribution >= 0.6 is 0 Å². The number of aliphatic imine (C=N–C) groups is 2. The van der Waals surface area contributed by atoms with Crippen LogP contribution in [-0.2, 0) is 0 Å². The molecule has 0 saturated heterocycles. The zero-order chi connectivity index (χ0) is 16.1. The molecule has 112 valence electrons. The van der Waals surface area contributed by atoms with Crippen molar-refractivity contribution in [2.75, 3.05) is 0 Å². The van der Waals surface area contributed by atoms with Crippen molar-refractivity contribution >= 4 is 23.3 Å². The van der Waals surface area contributed by atoms with Crippen LogP contribution in [0.4, 0.5) is 11.4 Å². The van der Waals surface area contributed by atoms with Crippen LogP contribution < -0.4 is 17.2 Å². The van der Waals surface area contributed by atoms with E-state index in [1.165, 1.54) is 12.1 Å². The fraction of sp³-hybridized carbons (Fsp3) is 0. The van der Waals surface area contributed by atoms with Gasteiger partial charge in [-0.15, -0.1) is 0 Å². The third-order valence-electron chi connectivity index (χ3n) is 2.77. The van der Waals surface area contributed by atoms with E-state index < -0.39 is 4.92 Å². The van der Waals surface area contributed by atoms with Crippen molar-refractivity contribution in [3.05, 3.63) is 58.6 Å². The molecule has 0 radical (unpaired) electrons. The summed E-state index contributed by atoms with van der Waals surface area (Å²) in [5.74, 6) is -0.261. The molecule has 22 heavy (non-hydrogen) atoms. The van der Waals surface area contributed by atoms with Crippen molar-refractivity contribution in [3.63, 3.8) is 0 Å². The summed E-state index contributed by atoms with van der Waals surface area (Å²) < 4.78 is 0. The number of non-ortho nitro benzene ring substituents is 1. The van der Waals surface area contributed by atoms with Crippen LogP contribution in [0.1, 0.15) is 0 Å². The van der Waals surface area contributed by atoms with Crippen LogP contribution in [0.3, 0.4) is 0 Å². The van der Waals surface area contributed by atoms with Gasteiger partial charge in [-0.2, -0.15) is 4.99 Å². The summed E-state index contributed by atoms with van der Waals surface area (Å²) in [6.07, 6.45) is 0. The molecule has 0 aromatic heterocycles. The second-order valence-electron chi connectivity index (χ2n) is 4.33. The monoisotopic (exact) mass is 298 g/mol. The predicted molar refractivity (Wildman–Crippen MR) is 85.6 cm³/mol. The summed E-state index contributed by atoms with van der Waals surface area (Å²) in [6.45, 7) is 0.